The van der Waals surface area contributed by atoms with Crippen molar-refractivity contribution >= 4 is 15.7 Å². The average molecular weight is 298 g/mol. The Kier molecular flexibility index (Phi) is 4.87. The molecule has 0 atom stereocenters. The Bertz CT molecular complexity index is 577. The van der Waals surface area contributed by atoms with Crippen molar-refractivity contribution in [3.05, 3.63) is 22.8 Å². The molecule has 0 saturated carbocycles. The Morgan fingerprint density at radius 3 is 2.10 bits per heavy atom. The number of hydrogen-bond donors (Lipinski definition) is 2. The van der Waals surface area contributed by atoms with Crippen LogP contribution >= 0.6 is 0 Å². The second-order valence-electron chi connectivity index (χ2n) is 5.74. The molecular formula is C15H26N2O2S. The first-order valence-corrected chi connectivity index (χ1v) is 8.46. The van der Waals surface area contributed by atoms with E-state index in [9.17, 15) is 8.42 Å². The Labute approximate surface area is 122 Å². The van der Waals surface area contributed by atoms with Gasteiger partial charge in [-0.15, -0.1) is 0 Å². The Balaban J connectivity index is 3.44. The standard InChI is InChI=1S/C15H26N2O2S/c1-7-15(6,8-2)17-20(18,19)14-11(4)10(3)9-13(16)12(14)5/h9,17H,7-8,16H2,1-6H3. The minimum absolute atomic E-state index is 0.322. The zero-order valence-electron chi connectivity index (χ0n) is 13.3. The first kappa shape index (κ1) is 17.0. The second kappa shape index (κ2) is 5.74. The Hall–Kier alpha value is -1.07. The van der Waals surface area contributed by atoms with Crippen molar-refractivity contribution in [3.8, 4) is 0 Å². The monoisotopic (exact) mass is 298 g/mol. The molecule has 0 bridgehead atoms. The number of benzene rings is 1. The van der Waals surface area contributed by atoms with E-state index in [4.69, 9.17) is 5.73 Å². The van der Waals surface area contributed by atoms with Gasteiger partial charge in [0.05, 0.1) is 4.90 Å². The molecule has 3 N–H and O–H groups in total. The predicted molar refractivity (Wildman–Crippen MR) is 84.4 cm³/mol. The number of aryl methyl sites for hydroxylation is 1. The molecular weight excluding hydrogens is 272 g/mol. The van der Waals surface area contributed by atoms with Crippen LogP contribution in [0.15, 0.2) is 11.0 Å². The summed E-state index contributed by atoms with van der Waals surface area (Å²) in [5.74, 6) is 0. The molecule has 1 aromatic rings. The predicted octanol–water partition coefficient (Wildman–Crippen LogP) is 3.05. The summed E-state index contributed by atoms with van der Waals surface area (Å²) in [6.07, 6.45) is 1.48. The van der Waals surface area contributed by atoms with Crippen LogP contribution in [0.4, 0.5) is 5.69 Å². The molecule has 0 aliphatic carbocycles. The summed E-state index contributed by atoms with van der Waals surface area (Å²) in [4.78, 5) is 0.322. The first-order chi connectivity index (χ1) is 9.08. The Morgan fingerprint density at radius 2 is 1.65 bits per heavy atom. The van der Waals surface area contributed by atoms with Crippen LogP contribution in [0, 0.1) is 20.8 Å². The smallest absolute Gasteiger partial charge is 0.241 e. The zero-order valence-corrected chi connectivity index (χ0v) is 14.1. The van der Waals surface area contributed by atoms with Crippen LogP contribution in [-0.2, 0) is 10.0 Å². The van der Waals surface area contributed by atoms with E-state index in [-0.39, 0.29) is 0 Å². The second-order valence-corrected chi connectivity index (χ2v) is 7.35. The van der Waals surface area contributed by atoms with Crippen molar-refractivity contribution in [1.29, 1.82) is 0 Å². The van der Waals surface area contributed by atoms with E-state index in [1.165, 1.54) is 0 Å². The normalized spacial score (nSPS) is 12.7. The van der Waals surface area contributed by atoms with Crippen molar-refractivity contribution in [2.45, 2.75) is 64.8 Å². The van der Waals surface area contributed by atoms with Crippen molar-refractivity contribution in [1.82, 2.24) is 4.72 Å². The zero-order chi connectivity index (χ0) is 15.7. The summed E-state index contributed by atoms with van der Waals surface area (Å²) < 4.78 is 28.3. The third kappa shape index (κ3) is 3.15. The van der Waals surface area contributed by atoms with Gasteiger partial charge in [-0.3, -0.25) is 0 Å². The number of anilines is 1. The highest BCUT2D eigenvalue weighted by Gasteiger charge is 2.30. The molecule has 0 aliphatic heterocycles. The van der Waals surface area contributed by atoms with Gasteiger partial charge in [-0.25, -0.2) is 13.1 Å². The van der Waals surface area contributed by atoms with Crippen LogP contribution in [0.2, 0.25) is 0 Å². The summed E-state index contributed by atoms with van der Waals surface area (Å²) >= 11 is 0. The minimum atomic E-state index is -3.58. The number of rotatable bonds is 5. The van der Waals surface area contributed by atoms with Gasteiger partial charge in [0.1, 0.15) is 0 Å². The van der Waals surface area contributed by atoms with E-state index in [1.807, 2.05) is 40.7 Å². The lowest BCUT2D eigenvalue weighted by atomic mass is 9.98. The number of nitrogens with two attached hydrogens (primary N) is 1. The third-order valence-corrected chi connectivity index (χ3v) is 6.20. The van der Waals surface area contributed by atoms with Crippen molar-refractivity contribution in [2.24, 2.45) is 0 Å². The summed E-state index contributed by atoms with van der Waals surface area (Å²) in [5.41, 5.74) is 8.28. The lowest BCUT2D eigenvalue weighted by Gasteiger charge is -2.29. The lowest BCUT2D eigenvalue weighted by Crippen LogP contribution is -2.45. The number of sulfonamides is 1. The first-order valence-electron chi connectivity index (χ1n) is 6.98. The molecule has 5 heteroatoms. The molecule has 0 heterocycles. The van der Waals surface area contributed by atoms with Crippen LogP contribution in [0.3, 0.4) is 0 Å². The fraction of sp³-hybridized carbons (Fsp3) is 0.600. The van der Waals surface area contributed by atoms with Gasteiger partial charge in [0.2, 0.25) is 10.0 Å². The fourth-order valence-electron chi connectivity index (χ4n) is 2.21. The van der Waals surface area contributed by atoms with Crippen LogP contribution in [0.1, 0.15) is 50.3 Å². The van der Waals surface area contributed by atoms with Crippen molar-refractivity contribution in [3.63, 3.8) is 0 Å². The van der Waals surface area contributed by atoms with Crippen LogP contribution in [0.25, 0.3) is 0 Å². The summed E-state index contributed by atoms with van der Waals surface area (Å²) in [7, 11) is -3.58. The van der Waals surface area contributed by atoms with E-state index in [1.54, 1.807) is 6.92 Å². The van der Waals surface area contributed by atoms with Gasteiger partial charge in [-0.2, -0.15) is 0 Å². The molecule has 0 amide bonds. The third-order valence-electron chi connectivity index (χ3n) is 4.29. The summed E-state index contributed by atoms with van der Waals surface area (Å²) in [5, 5.41) is 0. The molecule has 0 saturated heterocycles. The molecule has 0 fully saturated rings. The molecule has 0 aromatic heterocycles. The maximum atomic E-state index is 12.7. The SMILES string of the molecule is CCC(C)(CC)NS(=O)(=O)c1c(C)c(C)cc(N)c1C. The molecule has 1 aromatic carbocycles. The lowest BCUT2D eigenvalue weighted by molar-refractivity contribution is 0.388. The highest BCUT2D eigenvalue weighted by molar-refractivity contribution is 7.89. The van der Waals surface area contributed by atoms with E-state index >= 15 is 0 Å². The minimum Gasteiger partial charge on any atom is -0.398 e. The summed E-state index contributed by atoms with van der Waals surface area (Å²) in [6.45, 7) is 11.3. The van der Waals surface area contributed by atoms with E-state index in [0.29, 0.717) is 16.1 Å². The molecule has 0 unspecified atom stereocenters. The van der Waals surface area contributed by atoms with Gasteiger partial charge >= 0.3 is 0 Å². The van der Waals surface area contributed by atoms with Gasteiger partial charge in [-0.1, -0.05) is 13.8 Å². The Morgan fingerprint density at radius 1 is 1.15 bits per heavy atom. The fourth-order valence-corrected chi connectivity index (χ4v) is 4.34. The highest BCUT2D eigenvalue weighted by Crippen LogP contribution is 2.29. The number of hydrogen-bond acceptors (Lipinski definition) is 3. The number of nitrogen functional groups attached to an aromatic ring is 1. The van der Waals surface area contributed by atoms with Gasteiger partial charge in [0, 0.05) is 11.2 Å². The summed E-state index contributed by atoms with van der Waals surface area (Å²) in [6, 6.07) is 1.82. The van der Waals surface area contributed by atoms with E-state index in [2.05, 4.69) is 4.72 Å². The van der Waals surface area contributed by atoms with Crippen molar-refractivity contribution < 1.29 is 8.42 Å². The van der Waals surface area contributed by atoms with Gasteiger partial charge in [-0.05, 0) is 63.3 Å². The van der Waals surface area contributed by atoms with Crippen LogP contribution < -0.4 is 10.5 Å². The maximum absolute atomic E-state index is 12.7. The van der Waals surface area contributed by atoms with Gasteiger partial charge in [0.15, 0.2) is 0 Å². The molecule has 0 radical (unpaired) electrons. The maximum Gasteiger partial charge on any atom is 0.241 e. The quantitative estimate of drug-likeness (QED) is 0.821. The van der Waals surface area contributed by atoms with Crippen LogP contribution in [-0.4, -0.2) is 14.0 Å². The molecule has 0 aliphatic rings. The average Bonchev–Trinajstić information content (AvgIpc) is 2.35. The van der Waals surface area contributed by atoms with E-state index < -0.39 is 15.6 Å². The number of nitrogens with one attached hydrogen (secondary N) is 1. The molecule has 1 rings (SSSR count). The highest BCUT2D eigenvalue weighted by atomic mass is 32.2. The van der Waals surface area contributed by atoms with E-state index in [0.717, 1.165) is 24.0 Å². The molecule has 0 spiro atoms. The van der Waals surface area contributed by atoms with Crippen LogP contribution in [0.5, 0.6) is 0 Å². The molecule has 20 heavy (non-hydrogen) atoms. The van der Waals surface area contributed by atoms with Gasteiger partial charge in [0.25, 0.3) is 0 Å². The molecule has 114 valence electrons. The van der Waals surface area contributed by atoms with Gasteiger partial charge < -0.3 is 5.73 Å². The topological polar surface area (TPSA) is 72.2 Å². The molecule has 4 nitrogen and oxygen atoms in total. The van der Waals surface area contributed by atoms with Crippen molar-refractivity contribution in [2.75, 3.05) is 5.73 Å². The largest absolute Gasteiger partial charge is 0.398 e.